The highest BCUT2D eigenvalue weighted by Gasteiger charge is 2.61. The Labute approximate surface area is 299 Å². The van der Waals surface area contributed by atoms with Gasteiger partial charge in [-0.05, 0) is 69.7 Å². The maximum atomic E-state index is 14.2. The summed E-state index contributed by atoms with van der Waals surface area (Å²) in [5.74, 6) is -1.97. The summed E-state index contributed by atoms with van der Waals surface area (Å²) in [5.41, 5.74) is -0.357. The Kier molecular flexibility index (Phi) is 11.8. The molecule has 3 aliphatic heterocycles. The van der Waals surface area contributed by atoms with Gasteiger partial charge in [-0.15, -0.1) is 0 Å². The van der Waals surface area contributed by atoms with Gasteiger partial charge in [-0.1, -0.05) is 44.9 Å². The Hall–Kier alpha value is -4.33. The first-order valence-corrected chi connectivity index (χ1v) is 18.1. The Balaban J connectivity index is 1.30. The van der Waals surface area contributed by atoms with Gasteiger partial charge in [0.2, 0.25) is 11.8 Å². The number of aliphatic carboxylic acids is 1. The lowest BCUT2D eigenvalue weighted by atomic mass is 10.0. The Morgan fingerprint density at radius 2 is 1.86 bits per heavy atom. The summed E-state index contributed by atoms with van der Waals surface area (Å²) in [6, 6.07) is 3.96. The first kappa shape index (κ1) is 37.9. The lowest BCUT2D eigenvalue weighted by Gasteiger charge is -2.30. The van der Waals surface area contributed by atoms with Crippen molar-refractivity contribution in [3.8, 4) is 5.75 Å². The van der Waals surface area contributed by atoms with Crippen LogP contribution in [0.25, 0.3) is 0 Å². The van der Waals surface area contributed by atoms with E-state index in [2.05, 4.69) is 29.8 Å². The fraction of sp³-hybridized carbons (Fsp3) is 0.649. The number of carboxylic acid groups (broad SMARTS) is 1. The van der Waals surface area contributed by atoms with Crippen molar-refractivity contribution in [3.63, 3.8) is 0 Å². The molecule has 51 heavy (non-hydrogen) atoms. The second kappa shape index (κ2) is 15.9. The lowest BCUT2D eigenvalue weighted by molar-refractivity contribution is -0.145. The molecule has 0 spiro atoms. The molecule has 3 heterocycles. The molecular formula is C37H53N5O9. The number of benzene rings is 1. The number of carboxylic acids is 1. The van der Waals surface area contributed by atoms with Crippen molar-refractivity contribution in [3.05, 3.63) is 41.5 Å². The minimum absolute atomic E-state index is 0.0259. The molecule has 5 atom stereocenters. The maximum absolute atomic E-state index is 14.2. The monoisotopic (exact) mass is 711 g/mol. The van der Waals surface area contributed by atoms with E-state index < -0.39 is 59.3 Å². The molecule has 14 nitrogen and oxygen atoms in total. The topological polar surface area (TPSA) is 176 Å². The van der Waals surface area contributed by atoms with Crippen LogP contribution in [0.3, 0.4) is 0 Å². The molecule has 0 radical (unpaired) electrons. The first-order chi connectivity index (χ1) is 24.1. The number of rotatable bonds is 8. The highest BCUT2D eigenvalue weighted by molar-refractivity contribution is 5.96. The van der Waals surface area contributed by atoms with E-state index in [0.29, 0.717) is 50.9 Å². The van der Waals surface area contributed by atoms with E-state index in [1.165, 1.54) is 4.90 Å². The number of allylic oxidation sites excluding steroid dienone is 1. The van der Waals surface area contributed by atoms with Gasteiger partial charge in [-0.3, -0.25) is 14.5 Å². The molecule has 1 aromatic carbocycles. The number of amides is 4. The summed E-state index contributed by atoms with van der Waals surface area (Å²) >= 11 is 0. The van der Waals surface area contributed by atoms with E-state index in [4.69, 9.17) is 14.2 Å². The van der Waals surface area contributed by atoms with Crippen LogP contribution in [0.5, 0.6) is 5.75 Å². The van der Waals surface area contributed by atoms with E-state index in [-0.39, 0.29) is 25.3 Å². The minimum Gasteiger partial charge on any atom is -0.492 e. The van der Waals surface area contributed by atoms with E-state index in [9.17, 15) is 29.1 Å². The SMILES string of the molecule is CC(C)NCCOc1ccc2c(c1)CN(C(=O)O[C@@H]1CC3C(=O)N[C@]4(C(=O)O)C[C@H]4C=CCCCCC[C@H](NC(=O)OC(C)(C)C)C(=O)N3C1)C2. The van der Waals surface area contributed by atoms with Gasteiger partial charge in [-0.2, -0.15) is 0 Å². The predicted molar refractivity (Wildman–Crippen MR) is 187 cm³/mol. The van der Waals surface area contributed by atoms with Crippen molar-refractivity contribution in [2.45, 2.75) is 128 Å². The molecule has 2 fully saturated rings. The molecule has 1 saturated heterocycles. The Bertz CT molecular complexity index is 1510. The van der Waals surface area contributed by atoms with Crippen molar-refractivity contribution in [2.24, 2.45) is 5.92 Å². The number of carbonyl (C=O) groups is 5. The molecule has 0 aromatic heterocycles. The molecule has 5 rings (SSSR count). The van der Waals surface area contributed by atoms with E-state index in [0.717, 1.165) is 30.4 Å². The third kappa shape index (κ3) is 9.72. The van der Waals surface area contributed by atoms with Gasteiger partial charge in [0.05, 0.1) is 6.54 Å². The van der Waals surface area contributed by atoms with Gasteiger partial charge in [-0.25, -0.2) is 14.4 Å². The quantitative estimate of drug-likeness (QED) is 0.229. The van der Waals surface area contributed by atoms with Crippen LogP contribution >= 0.6 is 0 Å². The van der Waals surface area contributed by atoms with Gasteiger partial charge in [0, 0.05) is 38.0 Å². The zero-order valence-corrected chi connectivity index (χ0v) is 30.4. The molecule has 280 valence electrons. The zero-order valence-electron chi connectivity index (χ0n) is 30.4. The molecule has 1 unspecified atom stereocenters. The summed E-state index contributed by atoms with van der Waals surface area (Å²) in [6.07, 6.45) is 5.07. The summed E-state index contributed by atoms with van der Waals surface area (Å²) in [4.78, 5) is 69.6. The average Bonchev–Trinajstić information content (AvgIpc) is 3.35. The third-order valence-corrected chi connectivity index (χ3v) is 9.66. The number of nitrogens with zero attached hydrogens (tertiary/aromatic N) is 2. The average molecular weight is 712 g/mol. The van der Waals surface area contributed by atoms with Crippen molar-refractivity contribution in [1.29, 1.82) is 0 Å². The number of carbonyl (C=O) groups excluding carboxylic acids is 4. The number of ether oxygens (including phenoxy) is 3. The van der Waals surface area contributed by atoms with Gasteiger partial charge < -0.3 is 40.2 Å². The third-order valence-electron chi connectivity index (χ3n) is 9.66. The predicted octanol–water partition coefficient (Wildman–Crippen LogP) is 3.86. The Morgan fingerprint density at radius 3 is 2.59 bits per heavy atom. The van der Waals surface area contributed by atoms with Crippen molar-refractivity contribution < 1.29 is 43.3 Å². The van der Waals surface area contributed by atoms with Gasteiger partial charge >= 0.3 is 18.2 Å². The second-order valence-electron chi connectivity index (χ2n) is 15.3. The normalized spacial score (nSPS) is 26.6. The molecule has 1 saturated carbocycles. The summed E-state index contributed by atoms with van der Waals surface area (Å²) < 4.78 is 17.2. The van der Waals surface area contributed by atoms with E-state index in [1.807, 2.05) is 30.4 Å². The van der Waals surface area contributed by atoms with Crippen LogP contribution in [0.1, 0.15) is 90.7 Å². The number of nitrogens with one attached hydrogen (secondary N) is 3. The number of fused-ring (bicyclic) bond motifs is 3. The molecule has 4 N–H and O–H groups in total. The molecule has 14 heteroatoms. The highest BCUT2D eigenvalue weighted by atomic mass is 16.6. The molecule has 1 aliphatic carbocycles. The zero-order chi connectivity index (χ0) is 36.9. The summed E-state index contributed by atoms with van der Waals surface area (Å²) in [5, 5.41) is 18.8. The van der Waals surface area contributed by atoms with Crippen molar-refractivity contribution >= 4 is 30.0 Å². The first-order valence-electron chi connectivity index (χ1n) is 18.1. The van der Waals surface area contributed by atoms with Gasteiger partial charge in [0.1, 0.15) is 41.7 Å². The van der Waals surface area contributed by atoms with Crippen LogP contribution in [0.4, 0.5) is 9.59 Å². The number of hydrogen-bond donors (Lipinski definition) is 4. The van der Waals surface area contributed by atoms with Crippen LogP contribution in [-0.4, -0.2) is 99.9 Å². The second-order valence-corrected chi connectivity index (χ2v) is 15.3. The highest BCUT2D eigenvalue weighted by Crippen LogP contribution is 2.45. The van der Waals surface area contributed by atoms with Crippen LogP contribution in [-0.2, 0) is 36.9 Å². The fourth-order valence-corrected chi connectivity index (χ4v) is 6.92. The maximum Gasteiger partial charge on any atom is 0.410 e. The fourth-order valence-electron chi connectivity index (χ4n) is 6.92. The Morgan fingerprint density at radius 1 is 1.10 bits per heavy atom. The molecule has 4 amide bonds. The van der Waals surface area contributed by atoms with Gasteiger partial charge in [0.25, 0.3) is 0 Å². The minimum atomic E-state index is -1.47. The van der Waals surface area contributed by atoms with Gasteiger partial charge in [0.15, 0.2) is 0 Å². The van der Waals surface area contributed by atoms with Crippen LogP contribution in [0.15, 0.2) is 30.4 Å². The summed E-state index contributed by atoms with van der Waals surface area (Å²) in [6.45, 7) is 11.1. The standard InChI is InChI=1S/C37H53N5O9/c1-23(2)38-15-16-49-27-14-13-24-20-41(21-25(24)17-27)35(48)50-28-18-30-31(43)40-37(33(45)46)19-26(37)11-9-7-6-8-10-12-29(32(44)42(30)22-28)39-34(47)51-36(3,4)5/h9,11,13-14,17,23,26,28-30,38H,6-8,10,12,15-16,18-22H2,1-5H3,(H,39,47)(H,40,43)(H,45,46)/t26-,28-,29+,30?,37-/m1/s1. The largest absolute Gasteiger partial charge is 0.492 e. The molecule has 1 aromatic rings. The van der Waals surface area contributed by atoms with Crippen LogP contribution < -0.4 is 20.7 Å². The molecular weight excluding hydrogens is 658 g/mol. The van der Waals surface area contributed by atoms with E-state index in [1.54, 1.807) is 25.7 Å². The molecule has 4 aliphatic rings. The molecule has 0 bridgehead atoms. The van der Waals surface area contributed by atoms with Crippen molar-refractivity contribution in [1.82, 2.24) is 25.8 Å². The van der Waals surface area contributed by atoms with Crippen LogP contribution in [0, 0.1) is 5.92 Å². The van der Waals surface area contributed by atoms with Crippen molar-refractivity contribution in [2.75, 3.05) is 19.7 Å². The lowest BCUT2D eigenvalue weighted by Crippen LogP contribution is -2.56. The number of hydrogen-bond acceptors (Lipinski definition) is 9. The number of alkyl carbamates (subject to hydrolysis) is 1. The summed E-state index contributed by atoms with van der Waals surface area (Å²) in [7, 11) is 0. The van der Waals surface area contributed by atoms with E-state index >= 15 is 0 Å². The smallest absolute Gasteiger partial charge is 0.410 e. The van der Waals surface area contributed by atoms with Crippen LogP contribution in [0.2, 0.25) is 0 Å².